The summed E-state index contributed by atoms with van der Waals surface area (Å²) in [5.74, 6) is -2.17. The third-order valence-electron chi connectivity index (χ3n) is 7.12. The van der Waals surface area contributed by atoms with Crippen molar-refractivity contribution in [1.82, 2.24) is 20.4 Å². The zero-order valence-corrected chi connectivity index (χ0v) is 20.0. The van der Waals surface area contributed by atoms with Gasteiger partial charge in [0.25, 0.3) is 0 Å². The van der Waals surface area contributed by atoms with E-state index in [2.05, 4.69) is 20.4 Å². The lowest BCUT2D eigenvalue weighted by atomic mass is 9.86. The molecule has 34 heavy (non-hydrogen) atoms. The van der Waals surface area contributed by atoms with Crippen LogP contribution < -0.4 is 15.1 Å². The monoisotopic (exact) mass is 496 g/mol. The molecule has 2 aromatic rings. The standard InChI is InChI=1S/C22H30F2N6O3S/c1-29(19(32)25-14-2-4-15(31)5-3-14)21-26-16-8-11-30(12-17(16)34-21)20-27-18(28-33-20)13-6-9-22(23,24)10-7-13/h13-15,31H,2-12H2,1H3,(H,25,32)/t14-,15-. The first kappa shape index (κ1) is 23.4. The van der Waals surface area contributed by atoms with Gasteiger partial charge in [-0.15, -0.1) is 0 Å². The first-order valence-electron chi connectivity index (χ1n) is 11.9. The average Bonchev–Trinajstić information content (AvgIpc) is 3.47. The Bertz CT molecular complexity index is 1010. The maximum absolute atomic E-state index is 13.5. The maximum Gasteiger partial charge on any atom is 0.324 e. The number of carbonyl (C=O) groups excluding carboxylic acids is 1. The fourth-order valence-corrected chi connectivity index (χ4v) is 5.97. The third-order valence-corrected chi connectivity index (χ3v) is 8.28. The summed E-state index contributed by atoms with van der Waals surface area (Å²) < 4.78 is 32.4. The molecular formula is C22H30F2N6O3S. The number of hydrogen-bond donors (Lipinski definition) is 2. The fourth-order valence-electron chi connectivity index (χ4n) is 4.89. The van der Waals surface area contributed by atoms with Gasteiger partial charge in [-0.1, -0.05) is 16.5 Å². The van der Waals surface area contributed by atoms with Crippen LogP contribution in [-0.2, 0) is 13.0 Å². The number of aliphatic hydroxyl groups excluding tert-OH is 1. The average molecular weight is 497 g/mol. The number of carbonyl (C=O) groups is 1. The van der Waals surface area contributed by atoms with Gasteiger partial charge in [0, 0.05) is 49.7 Å². The summed E-state index contributed by atoms with van der Waals surface area (Å²) in [5, 5.41) is 17.4. The molecule has 2 saturated carbocycles. The molecule has 5 rings (SSSR count). The number of amides is 2. The zero-order valence-electron chi connectivity index (χ0n) is 19.2. The minimum absolute atomic E-state index is 0.0746. The molecule has 2 N–H and O–H groups in total. The van der Waals surface area contributed by atoms with Crippen LogP contribution in [0.3, 0.4) is 0 Å². The number of thiazole rings is 1. The normalized spacial score (nSPS) is 25.1. The van der Waals surface area contributed by atoms with E-state index in [1.54, 1.807) is 11.9 Å². The fraction of sp³-hybridized carbons (Fsp3) is 0.727. The van der Waals surface area contributed by atoms with Crippen molar-refractivity contribution < 1.29 is 23.2 Å². The van der Waals surface area contributed by atoms with Crippen LogP contribution in [0.25, 0.3) is 0 Å². The van der Waals surface area contributed by atoms with Crippen molar-refractivity contribution in [3.05, 3.63) is 16.4 Å². The molecule has 3 heterocycles. The van der Waals surface area contributed by atoms with Crippen molar-refractivity contribution in [2.75, 3.05) is 23.4 Å². The van der Waals surface area contributed by atoms with Gasteiger partial charge >= 0.3 is 12.0 Å². The summed E-state index contributed by atoms with van der Waals surface area (Å²) >= 11 is 1.47. The summed E-state index contributed by atoms with van der Waals surface area (Å²) in [4.78, 5) is 26.5. The number of halogens is 2. The van der Waals surface area contributed by atoms with Crippen LogP contribution in [0.15, 0.2) is 4.52 Å². The van der Waals surface area contributed by atoms with Crippen molar-refractivity contribution >= 4 is 28.5 Å². The van der Waals surface area contributed by atoms with Crippen molar-refractivity contribution in [2.45, 2.75) is 88.3 Å². The Kier molecular flexibility index (Phi) is 6.45. The van der Waals surface area contributed by atoms with Crippen LogP contribution in [0.4, 0.5) is 24.7 Å². The van der Waals surface area contributed by atoms with Gasteiger partial charge in [0.1, 0.15) is 0 Å². The van der Waals surface area contributed by atoms with Gasteiger partial charge in [-0.25, -0.2) is 18.6 Å². The lowest BCUT2D eigenvalue weighted by Gasteiger charge is -2.27. The van der Waals surface area contributed by atoms with E-state index in [0.717, 1.165) is 23.4 Å². The molecule has 1 aliphatic heterocycles. The highest BCUT2D eigenvalue weighted by molar-refractivity contribution is 7.16. The largest absolute Gasteiger partial charge is 0.393 e. The van der Waals surface area contributed by atoms with E-state index >= 15 is 0 Å². The summed E-state index contributed by atoms with van der Waals surface area (Å²) in [7, 11) is 1.72. The maximum atomic E-state index is 13.5. The molecule has 0 bridgehead atoms. The van der Waals surface area contributed by atoms with Gasteiger partial charge in [0.15, 0.2) is 11.0 Å². The smallest absolute Gasteiger partial charge is 0.324 e. The Labute approximate surface area is 200 Å². The third kappa shape index (κ3) is 5.02. The topological polar surface area (TPSA) is 108 Å². The summed E-state index contributed by atoms with van der Waals surface area (Å²) in [6.45, 7) is 1.20. The van der Waals surface area contributed by atoms with Gasteiger partial charge in [-0.3, -0.25) is 4.90 Å². The molecule has 12 heteroatoms. The molecule has 0 radical (unpaired) electrons. The van der Waals surface area contributed by atoms with E-state index in [1.165, 1.54) is 11.3 Å². The Morgan fingerprint density at radius 2 is 1.94 bits per heavy atom. The highest BCUT2D eigenvalue weighted by atomic mass is 32.1. The second-order valence-electron chi connectivity index (χ2n) is 9.62. The molecule has 2 fully saturated rings. The van der Waals surface area contributed by atoms with Crippen LogP contribution in [0, 0.1) is 0 Å². The molecule has 9 nitrogen and oxygen atoms in total. The predicted molar refractivity (Wildman–Crippen MR) is 123 cm³/mol. The number of fused-ring (bicyclic) bond motifs is 1. The van der Waals surface area contributed by atoms with Gasteiger partial charge in [0.2, 0.25) is 5.92 Å². The molecule has 3 aliphatic rings. The van der Waals surface area contributed by atoms with Crippen LogP contribution in [0.5, 0.6) is 0 Å². The number of nitrogens with zero attached hydrogens (tertiary/aromatic N) is 5. The number of urea groups is 1. The second kappa shape index (κ2) is 9.37. The van der Waals surface area contributed by atoms with Gasteiger partial charge in [-0.2, -0.15) is 4.98 Å². The van der Waals surface area contributed by atoms with Crippen molar-refractivity contribution in [2.24, 2.45) is 0 Å². The van der Waals surface area contributed by atoms with Crippen LogP contribution in [0.2, 0.25) is 0 Å². The van der Waals surface area contributed by atoms with E-state index in [-0.39, 0.29) is 36.9 Å². The Balaban J connectivity index is 1.20. The second-order valence-corrected chi connectivity index (χ2v) is 10.7. The number of aliphatic hydroxyl groups is 1. The molecule has 2 aliphatic carbocycles. The molecule has 0 unspecified atom stereocenters. The van der Waals surface area contributed by atoms with Crippen LogP contribution >= 0.6 is 11.3 Å². The first-order valence-corrected chi connectivity index (χ1v) is 12.8. The minimum Gasteiger partial charge on any atom is -0.393 e. The molecule has 2 aromatic heterocycles. The highest BCUT2D eigenvalue weighted by Gasteiger charge is 2.37. The lowest BCUT2D eigenvalue weighted by molar-refractivity contribution is -0.0389. The van der Waals surface area contributed by atoms with Crippen LogP contribution in [-0.4, -0.2) is 57.9 Å². The zero-order chi connectivity index (χ0) is 23.9. The summed E-state index contributed by atoms with van der Waals surface area (Å²) in [5.41, 5.74) is 0.964. The first-order chi connectivity index (χ1) is 16.3. The molecule has 0 atom stereocenters. The number of anilines is 2. The highest BCUT2D eigenvalue weighted by Crippen LogP contribution is 2.40. The molecule has 2 amide bonds. The van der Waals surface area contributed by atoms with E-state index in [4.69, 9.17) is 4.52 Å². The SMILES string of the molecule is CN(C(=O)N[C@H]1CC[C@H](O)CC1)c1nc2c(s1)CN(c1nc(C3CCC(F)(F)CC3)no1)CC2. The number of nitrogens with one attached hydrogen (secondary N) is 1. The Morgan fingerprint density at radius 1 is 1.21 bits per heavy atom. The van der Waals surface area contributed by atoms with Crippen molar-refractivity contribution in [3.8, 4) is 0 Å². The summed E-state index contributed by atoms with van der Waals surface area (Å²) in [6.07, 6.45) is 3.86. The van der Waals surface area contributed by atoms with E-state index in [0.29, 0.717) is 62.2 Å². The predicted octanol–water partition coefficient (Wildman–Crippen LogP) is 3.83. The van der Waals surface area contributed by atoms with Crippen molar-refractivity contribution in [1.29, 1.82) is 0 Å². The number of alkyl halides is 2. The quantitative estimate of drug-likeness (QED) is 0.662. The number of rotatable bonds is 4. The molecule has 0 aromatic carbocycles. The van der Waals surface area contributed by atoms with Gasteiger partial charge in [0.05, 0.1) is 18.3 Å². The van der Waals surface area contributed by atoms with Gasteiger partial charge in [-0.05, 0) is 38.5 Å². The van der Waals surface area contributed by atoms with Gasteiger partial charge < -0.3 is 19.8 Å². The summed E-state index contributed by atoms with van der Waals surface area (Å²) in [6, 6.07) is 0.285. The number of aromatic nitrogens is 3. The molecular weight excluding hydrogens is 466 g/mol. The Morgan fingerprint density at radius 3 is 2.68 bits per heavy atom. The van der Waals surface area contributed by atoms with E-state index < -0.39 is 5.92 Å². The molecule has 0 saturated heterocycles. The van der Waals surface area contributed by atoms with E-state index in [9.17, 15) is 18.7 Å². The molecule has 0 spiro atoms. The minimum atomic E-state index is -2.58. The Hall–Kier alpha value is -2.34. The number of hydrogen-bond acceptors (Lipinski definition) is 8. The molecule has 186 valence electrons. The van der Waals surface area contributed by atoms with Crippen LogP contribution in [0.1, 0.15) is 73.7 Å². The van der Waals surface area contributed by atoms with E-state index in [1.807, 2.05) is 4.90 Å². The van der Waals surface area contributed by atoms with Crippen molar-refractivity contribution in [3.63, 3.8) is 0 Å². The lowest BCUT2D eigenvalue weighted by Crippen LogP contribution is -2.45.